The van der Waals surface area contributed by atoms with Crippen molar-refractivity contribution in [2.45, 2.75) is 18.6 Å². The van der Waals surface area contributed by atoms with Crippen molar-refractivity contribution in [1.29, 1.82) is 0 Å². The molecule has 0 bridgehead atoms. The zero-order chi connectivity index (χ0) is 17.2. The predicted molar refractivity (Wildman–Crippen MR) is 87.3 cm³/mol. The fourth-order valence-corrected chi connectivity index (χ4v) is 3.79. The van der Waals surface area contributed by atoms with Crippen LogP contribution < -0.4 is 0 Å². The monoisotopic (exact) mass is 349 g/mol. The van der Waals surface area contributed by atoms with Crippen LogP contribution in [0.25, 0.3) is 0 Å². The Kier molecular flexibility index (Phi) is 4.63. The molecular formula is C17H23N3O5. The molecule has 0 spiro atoms. The van der Waals surface area contributed by atoms with E-state index in [1.54, 1.807) is 15.9 Å². The molecule has 0 unspecified atom stereocenters. The molecule has 25 heavy (non-hydrogen) atoms. The topological polar surface area (TPSA) is 75.5 Å². The van der Waals surface area contributed by atoms with Gasteiger partial charge in [-0.15, -0.1) is 0 Å². The Hall–Kier alpha value is -2.06. The average Bonchev–Trinajstić information content (AvgIpc) is 3.33. The maximum absolute atomic E-state index is 12.4. The van der Waals surface area contributed by atoms with Gasteiger partial charge in [0.25, 0.3) is 5.91 Å². The van der Waals surface area contributed by atoms with Gasteiger partial charge in [-0.25, -0.2) is 4.79 Å². The third-order valence-corrected chi connectivity index (χ3v) is 5.16. The van der Waals surface area contributed by atoms with Crippen LogP contribution in [-0.2, 0) is 9.47 Å². The molecule has 0 aromatic carbocycles. The molecule has 1 aromatic rings. The highest BCUT2D eigenvalue weighted by Crippen LogP contribution is 2.28. The highest BCUT2D eigenvalue weighted by Gasteiger charge is 2.48. The Morgan fingerprint density at radius 1 is 1.20 bits per heavy atom. The van der Waals surface area contributed by atoms with Gasteiger partial charge in [-0.05, 0) is 12.5 Å². The van der Waals surface area contributed by atoms with Gasteiger partial charge in [0.2, 0.25) is 0 Å². The summed E-state index contributed by atoms with van der Waals surface area (Å²) in [7, 11) is 0. The number of carbonyl (C=O) groups is 2. The third kappa shape index (κ3) is 3.36. The molecule has 4 rings (SSSR count). The fourth-order valence-electron chi connectivity index (χ4n) is 3.79. The van der Waals surface area contributed by atoms with Crippen LogP contribution >= 0.6 is 0 Å². The number of nitrogens with zero attached hydrogens (tertiary/aromatic N) is 3. The molecular weight excluding hydrogens is 326 g/mol. The molecule has 4 heterocycles. The van der Waals surface area contributed by atoms with E-state index < -0.39 is 0 Å². The van der Waals surface area contributed by atoms with Crippen LogP contribution in [0.15, 0.2) is 23.0 Å². The standard InChI is InChI=1S/C17H23N3O5/c21-16(13-2-7-24-12-13)19-10-14-15(11-19)25-17(22)20(14)4-1-3-18-5-8-23-9-6-18/h2,7,12,14-15H,1,3-6,8-11H2/t14-,15+/m1/s1. The maximum atomic E-state index is 12.4. The zero-order valence-corrected chi connectivity index (χ0v) is 14.1. The lowest BCUT2D eigenvalue weighted by Crippen LogP contribution is -2.42. The highest BCUT2D eigenvalue weighted by atomic mass is 16.6. The van der Waals surface area contributed by atoms with Gasteiger partial charge in [0.15, 0.2) is 0 Å². The number of ether oxygens (including phenoxy) is 2. The van der Waals surface area contributed by atoms with Crippen molar-refractivity contribution in [3.63, 3.8) is 0 Å². The SMILES string of the molecule is O=C(c1ccoc1)N1C[C@@H]2OC(=O)N(CCCN3CCOCC3)[C@@H]2C1. The van der Waals surface area contributed by atoms with Crippen molar-refractivity contribution < 1.29 is 23.5 Å². The molecule has 0 aliphatic carbocycles. The summed E-state index contributed by atoms with van der Waals surface area (Å²) in [6.45, 7) is 6.02. The molecule has 3 aliphatic rings. The van der Waals surface area contributed by atoms with Crippen molar-refractivity contribution in [3.05, 3.63) is 24.2 Å². The zero-order valence-electron chi connectivity index (χ0n) is 14.1. The molecule has 0 N–H and O–H groups in total. The number of rotatable bonds is 5. The van der Waals surface area contributed by atoms with Crippen LogP contribution in [0.3, 0.4) is 0 Å². The number of hydrogen-bond acceptors (Lipinski definition) is 6. The van der Waals surface area contributed by atoms with Crippen LogP contribution in [0.5, 0.6) is 0 Å². The van der Waals surface area contributed by atoms with Gasteiger partial charge in [-0.2, -0.15) is 0 Å². The number of fused-ring (bicyclic) bond motifs is 1. The van der Waals surface area contributed by atoms with E-state index in [4.69, 9.17) is 13.9 Å². The first-order valence-electron chi connectivity index (χ1n) is 8.81. The quantitative estimate of drug-likeness (QED) is 0.777. The summed E-state index contributed by atoms with van der Waals surface area (Å²) in [6.07, 6.45) is 3.35. The van der Waals surface area contributed by atoms with Crippen LogP contribution in [0.4, 0.5) is 4.79 Å². The van der Waals surface area contributed by atoms with Crippen LogP contribution in [0.1, 0.15) is 16.8 Å². The molecule has 2 atom stereocenters. The summed E-state index contributed by atoms with van der Waals surface area (Å²) >= 11 is 0. The lowest BCUT2D eigenvalue weighted by molar-refractivity contribution is 0.0362. The summed E-state index contributed by atoms with van der Waals surface area (Å²) < 4.78 is 15.8. The largest absolute Gasteiger partial charge is 0.472 e. The second-order valence-corrected chi connectivity index (χ2v) is 6.71. The minimum absolute atomic E-state index is 0.0481. The second-order valence-electron chi connectivity index (χ2n) is 6.71. The fraction of sp³-hybridized carbons (Fsp3) is 0.647. The van der Waals surface area contributed by atoms with E-state index >= 15 is 0 Å². The molecule has 0 radical (unpaired) electrons. The summed E-state index contributed by atoms with van der Waals surface area (Å²) in [5.41, 5.74) is 0.533. The number of carbonyl (C=O) groups excluding carboxylic acids is 2. The molecule has 0 saturated carbocycles. The number of amides is 2. The van der Waals surface area contributed by atoms with E-state index in [9.17, 15) is 9.59 Å². The molecule has 2 amide bonds. The van der Waals surface area contributed by atoms with Crippen molar-refractivity contribution in [3.8, 4) is 0 Å². The maximum Gasteiger partial charge on any atom is 0.410 e. The number of morpholine rings is 1. The molecule has 3 saturated heterocycles. The summed E-state index contributed by atoms with van der Waals surface area (Å²) in [6, 6.07) is 1.61. The Labute approximate surface area is 146 Å². The Bertz CT molecular complexity index is 614. The molecule has 3 fully saturated rings. The average molecular weight is 349 g/mol. The minimum atomic E-state index is -0.257. The van der Waals surface area contributed by atoms with Crippen LogP contribution in [0.2, 0.25) is 0 Å². The second kappa shape index (κ2) is 7.05. The van der Waals surface area contributed by atoms with E-state index in [1.807, 2.05) is 0 Å². The number of likely N-dealkylation sites (tertiary alicyclic amines) is 1. The van der Waals surface area contributed by atoms with Gasteiger partial charge < -0.3 is 18.8 Å². The van der Waals surface area contributed by atoms with Gasteiger partial charge in [-0.3, -0.25) is 14.6 Å². The predicted octanol–water partition coefficient (Wildman–Crippen LogP) is 0.647. The molecule has 1 aromatic heterocycles. The normalized spacial score (nSPS) is 26.8. The Morgan fingerprint density at radius 2 is 2.04 bits per heavy atom. The van der Waals surface area contributed by atoms with Gasteiger partial charge >= 0.3 is 6.09 Å². The van der Waals surface area contributed by atoms with E-state index in [-0.39, 0.29) is 24.1 Å². The minimum Gasteiger partial charge on any atom is -0.472 e. The lowest BCUT2D eigenvalue weighted by Gasteiger charge is -2.28. The molecule has 8 heteroatoms. The van der Waals surface area contributed by atoms with Crippen molar-refractivity contribution >= 4 is 12.0 Å². The first-order valence-corrected chi connectivity index (χ1v) is 8.81. The first-order chi connectivity index (χ1) is 12.2. The van der Waals surface area contributed by atoms with E-state index in [0.29, 0.717) is 25.2 Å². The first kappa shape index (κ1) is 16.4. The molecule has 3 aliphatic heterocycles. The Morgan fingerprint density at radius 3 is 2.80 bits per heavy atom. The van der Waals surface area contributed by atoms with Crippen LogP contribution in [0, 0.1) is 0 Å². The van der Waals surface area contributed by atoms with Crippen molar-refractivity contribution in [1.82, 2.24) is 14.7 Å². The smallest absolute Gasteiger partial charge is 0.410 e. The third-order valence-electron chi connectivity index (χ3n) is 5.16. The molecule has 136 valence electrons. The van der Waals surface area contributed by atoms with Gasteiger partial charge in [-0.1, -0.05) is 0 Å². The summed E-state index contributed by atoms with van der Waals surface area (Å²) in [5, 5.41) is 0. The number of hydrogen-bond donors (Lipinski definition) is 0. The summed E-state index contributed by atoms with van der Waals surface area (Å²) in [4.78, 5) is 30.4. The molecule has 8 nitrogen and oxygen atoms in total. The van der Waals surface area contributed by atoms with E-state index in [1.165, 1.54) is 12.5 Å². The number of furan rings is 1. The lowest BCUT2D eigenvalue weighted by atomic mass is 10.2. The van der Waals surface area contributed by atoms with Crippen LogP contribution in [-0.4, -0.2) is 91.3 Å². The van der Waals surface area contributed by atoms with Gasteiger partial charge in [0, 0.05) is 32.7 Å². The van der Waals surface area contributed by atoms with Gasteiger partial charge in [0.05, 0.1) is 37.6 Å². The van der Waals surface area contributed by atoms with E-state index in [0.717, 1.165) is 39.3 Å². The van der Waals surface area contributed by atoms with Gasteiger partial charge in [0.1, 0.15) is 12.4 Å². The van der Waals surface area contributed by atoms with E-state index in [2.05, 4.69) is 4.90 Å². The Balaban J connectivity index is 1.31. The summed E-state index contributed by atoms with van der Waals surface area (Å²) in [5.74, 6) is -0.0764. The van der Waals surface area contributed by atoms with Crippen molar-refractivity contribution in [2.24, 2.45) is 0 Å². The highest BCUT2D eigenvalue weighted by molar-refractivity contribution is 5.94. The van der Waals surface area contributed by atoms with Crippen molar-refractivity contribution in [2.75, 3.05) is 52.5 Å².